The number of carbonyl (C=O) groups excluding carboxylic acids is 2. The molecule has 0 unspecified atom stereocenters. The molecule has 2 aromatic rings. The van der Waals surface area contributed by atoms with Crippen molar-refractivity contribution < 1.29 is 14.3 Å². The van der Waals surface area contributed by atoms with E-state index in [4.69, 9.17) is 0 Å². The highest BCUT2D eigenvalue weighted by atomic mass is 16.5. The normalized spacial score (nSPS) is 11.2. The van der Waals surface area contributed by atoms with Gasteiger partial charge in [-0.25, -0.2) is 4.98 Å². The van der Waals surface area contributed by atoms with E-state index in [1.807, 2.05) is 23.1 Å². The van der Waals surface area contributed by atoms with E-state index in [2.05, 4.69) is 79.9 Å². The quantitative estimate of drug-likeness (QED) is 0.172. The smallest absolute Gasteiger partial charge is 0.305 e. The van der Waals surface area contributed by atoms with Crippen molar-refractivity contribution in [3.05, 3.63) is 23.8 Å². The summed E-state index contributed by atoms with van der Waals surface area (Å²) >= 11 is 0. The minimum atomic E-state index is -0.212. The number of aryl methyl sites for hydroxylation is 1. The van der Waals surface area contributed by atoms with E-state index >= 15 is 0 Å². The Morgan fingerprint density at radius 1 is 0.975 bits per heavy atom. The van der Waals surface area contributed by atoms with E-state index in [9.17, 15) is 9.59 Å². The number of rotatable bonds is 17. The Hall–Kier alpha value is -2.61. The van der Waals surface area contributed by atoms with Gasteiger partial charge in [-0.15, -0.1) is 0 Å². The van der Waals surface area contributed by atoms with E-state index < -0.39 is 0 Å². The minimum Gasteiger partial charge on any atom is -0.469 e. The van der Waals surface area contributed by atoms with Crippen molar-refractivity contribution in [3.8, 4) is 0 Å². The van der Waals surface area contributed by atoms with E-state index in [1.165, 1.54) is 46.0 Å². The molecular weight excluding hydrogens is 502 g/mol. The third kappa shape index (κ3) is 12.3. The molecule has 0 atom stereocenters. The summed E-state index contributed by atoms with van der Waals surface area (Å²) in [6.07, 6.45) is 5.13. The third-order valence-corrected chi connectivity index (χ3v) is 6.81. The summed E-state index contributed by atoms with van der Waals surface area (Å²) in [7, 11) is 1.40. The number of nitrogens with one attached hydrogen (secondary N) is 1. The Morgan fingerprint density at radius 2 is 1.62 bits per heavy atom. The lowest BCUT2D eigenvalue weighted by molar-refractivity contribution is -0.140. The number of aromatic nitrogens is 2. The summed E-state index contributed by atoms with van der Waals surface area (Å²) in [5.74, 6) is 1.44. The largest absolute Gasteiger partial charge is 0.469 e. The molecule has 8 nitrogen and oxygen atoms in total. The Balaban J connectivity index is 0.000000680. The number of esters is 1. The zero-order valence-corrected chi connectivity index (χ0v) is 26.9. The molecule has 228 valence electrons. The maximum absolute atomic E-state index is 13.2. The SMILES string of the molecule is CCCCCN(CC)CC.CCn1c(NCCCC(=O)OC)nc2ccc(C(=O)N(CC(C)C)CC(C)C)cc21. The fourth-order valence-corrected chi connectivity index (χ4v) is 4.68. The predicted molar refractivity (Wildman–Crippen MR) is 168 cm³/mol. The summed E-state index contributed by atoms with van der Waals surface area (Å²) in [6.45, 7) is 23.9. The number of imidazole rings is 1. The van der Waals surface area contributed by atoms with Gasteiger partial charge in [0.1, 0.15) is 0 Å². The van der Waals surface area contributed by atoms with Crippen molar-refractivity contribution >= 4 is 28.9 Å². The second kappa shape index (κ2) is 19.5. The molecule has 0 radical (unpaired) electrons. The Kier molecular flexibility index (Phi) is 17.2. The van der Waals surface area contributed by atoms with Crippen LogP contribution in [0.1, 0.15) is 97.9 Å². The molecule has 0 spiro atoms. The fraction of sp³-hybridized carbons (Fsp3) is 0.719. The lowest BCUT2D eigenvalue weighted by Crippen LogP contribution is -2.37. The number of amides is 1. The van der Waals surface area contributed by atoms with E-state index in [0.29, 0.717) is 36.8 Å². The van der Waals surface area contributed by atoms with Crippen LogP contribution >= 0.6 is 0 Å². The zero-order chi connectivity index (χ0) is 30.1. The number of hydrogen-bond acceptors (Lipinski definition) is 6. The number of ether oxygens (including phenoxy) is 1. The molecule has 0 aliphatic carbocycles. The average molecular weight is 560 g/mol. The van der Waals surface area contributed by atoms with Crippen LogP contribution in [0.15, 0.2) is 18.2 Å². The first-order valence-electron chi connectivity index (χ1n) is 15.4. The van der Waals surface area contributed by atoms with E-state index in [1.54, 1.807) is 0 Å². The molecule has 0 aliphatic heterocycles. The van der Waals surface area contributed by atoms with Crippen molar-refractivity contribution in [2.24, 2.45) is 11.8 Å². The molecule has 0 bridgehead atoms. The highest BCUT2D eigenvalue weighted by Crippen LogP contribution is 2.22. The molecule has 1 amide bonds. The first-order chi connectivity index (χ1) is 19.1. The number of hydrogen-bond donors (Lipinski definition) is 1. The molecule has 1 aromatic carbocycles. The molecule has 8 heteroatoms. The summed E-state index contributed by atoms with van der Waals surface area (Å²) in [5, 5.41) is 3.31. The van der Waals surface area contributed by atoms with Gasteiger partial charge in [0, 0.05) is 38.2 Å². The lowest BCUT2D eigenvalue weighted by Gasteiger charge is -2.26. The molecule has 2 rings (SSSR count). The zero-order valence-electron chi connectivity index (χ0n) is 26.9. The van der Waals surface area contributed by atoms with Gasteiger partial charge < -0.3 is 24.4 Å². The van der Waals surface area contributed by atoms with Crippen molar-refractivity contribution in [1.82, 2.24) is 19.4 Å². The topological polar surface area (TPSA) is 79.7 Å². The summed E-state index contributed by atoms with van der Waals surface area (Å²) in [6, 6.07) is 5.73. The van der Waals surface area contributed by atoms with Gasteiger partial charge in [0.15, 0.2) is 0 Å². The molecule has 1 aromatic heterocycles. The van der Waals surface area contributed by atoms with Gasteiger partial charge in [0.25, 0.3) is 5.91 Å². The van der Waals surface area contributed by atoms with Gasteiger partial charge in [-0.1, -0.05) is 61.3 Å². The summed E-state index contributed by atoms with van der Waals surface area (Å²) in [4.78, 5) is 33.6. The van der Waals surface area contributed by atoms with Crippen LogP contribution in [0, 0.1) is 11.8 Å². The van der Waals surface area contributed by atoms with Crippen molar-refractivity contribution in [1.29, 1.82) is 0 Å². The number of nitrogens with zero attached hydrogens (tertiary/aromatic N) is 4. The van der Waals surface area contributed by atoms with Crippen LogP contribution in [0.2, 0.25) is 0 Å². The standard InChI is InChI=1S/C23H36N4O3.C9H21N/c1-7-27-20-13-18(22(29)26(14-16(2)3)15-17(4)5)10-11-19(20)25-23(27)24-12-8-9-21(28)30-6;1-4-7-8-9-10(5-2)6-3/h10-11,13,16-17H,7-9,12,14-15H2,1-6H3,(H,24,25);4-9H2,1-3H3. The van der Waals surface area contributed by atoms with Crippen LogP contribution in [0.3, 0.4) is 0 Å². The molecule has 1 heterocycles. The number of anilines is 1. The Morgan fingerprint density at radius 3 is 2.15 bits per heavy atom. The summed E-state index contributed by atoms with van der Waals surface area (Å²) in [5.41, 5.74) is 2.48. The fourth-order valence-electron chi connectivity index (χ4n) is 4.68. The third-order valence-electron chi connectivity index (χ3n) is 6.81. The average Bonchev–Trinajstić information content (AvgIpc) is 3.29. The summed E-state index contributed by atoms with van der Waals surface area (Å²) < 4.78 is 6.74. The van der Waals surface area contributed by atoms with Gasteiger partial charge in [0.05, 0.1) is 18.1 Å². The van der Waals surface area contributed by atoms with E-state index in [0.717, 1.165) is 36.6 Å². The second-order valence-corrected chi connectivity index (χ2v) is 11.2. The monoisotopic (exact) mass is 559 g/mol. The van der Waals surface area contributed by atoms with Crippen molar-refractivity contribution in [2.75, 3.05) is 51.7 Å². The molecule has 0 saturated heterocycles. The minimum absolute atomic E-state index is 0.0655. The van der Waals surface area contributed by atoms with Gasteiger partial charge in [-0.05, 0) is 69.4 Å². The van der Waals surface area contributed by atoms with Crippen molar-refractivity contribution in [2.45, 2.75) is 94.0 Å². The Labute approximate surface area is 243 Å². The van der Waals surface area contributed by atoms with Crippen LogP contribution in [0.5, 0.6) is 0 Å². The van der Waals surface area contributed by atoms with Gasteiger partial charge >= 0.3 is 5.97 Å². The van der Waals surface area contributed by atoms with Crippen LogP contribution < -0.4 is 5.32 Å². The number of methoxy groups -OCH3 is 1. The molecule has 1 N–H and O–H groups in total. The first kappa shape index (κ1) is 35.4. The highest BCUT2D eigenvalue weighted by Gasteiger charge is 2.20. The van der Waals surface area contributed by atoms with Crippen LogP contribution in [0.25, 0.3) is 11.0 Å². The molecule has 40 heavy (non-hydrogen) atoms. The van der Waals surface area contributed by atoms with Crippen molar-refractivity contribution in [3.63, 3.8) is 0 Å². The maximum atomic E-state index is 13.2. The number of unbranched alkanes of at least 4 members (excludes halogenated alkanes) is 2. The van der Waals surface area contributed by atoms with Gasteiger partial charge in [-0.2, -0.15) is 0 Å². The lowest BCUT2D eigenvalue weighted by atomic mass is 10.1. The molecule has 0 saturated carbocycles. The van der Waals surface area contributed by atoms with Crippen LogP contribution in [0.4, 0.5) is 5.95 Å². The number of fused-ring (bicyclic) bond motifs is 1. The maximum Gasteiger partial charge on any atom is 0.305 e. The van der Waals surface area contributed by atoms with Crippen LogP contribution in [-0.2, 0) is 16.1 Å². The molecule has 0 aliphatic rings. The first-order valence-corrected chi connectivity index (χ1v) is 15.4. The number of carbonyl (C=O) groups is 2. The van der Waals surface area contributed by atoms with E-state index in [-0.39, 0.29) is 11.9 Å². The number of benzene rings is 1. The van der Waals surface area contributed by atoms with Gasteiger partial charge in [-0.3, -0.25) is 9.59 Å². The second-order valence-electron chi connectivity index (χ2n) is 11.2. The predicted octanol–water partition coefficient (Wildman–Crippen LogP) is 6.69. The molecular formula is C32H57N5O3. The Bertz CT molecular complexity index is 988. The van der Waals surface area contributed by atoms with Gasteiger partial charge in [0.2, 0.25) is 5.95 Å². The highest BCUT2D eigenvalue weighted by molar-refractivity contribution is 5.97. The molecule has 0 fully saturated rings. The van der Waals surface area contributed by atoms with Crippen LogP contribution in [-0.4, -0.2) is 77.6 Å².